The summed E-state index contributed by atoms with van der Waals surface area (Å²) in [4.78, 5) is 42.1. The summed E-state index contributed by atoms with van der Waals surface area (Å²) in [7, 11) is 0. The van der Waals surface area contributed by atoms with E-state index in [-0.39, 0.29) is 36.2 Å². The van der Waals surface area contributed by atoms with Crippen LogP contribution in [0, 0.1) is 24.7 Å². The zero-order valence-corrected chi connectivity index (χ0v) is 19.4. The lowest BCUT2D eigenvalue weighted by atomic mass is 9.75. The molecule has 5 rings (SSSR count). The smallest absolute Gasteiger partial charge is 0.250 e. The lowest BCUT2D eigenvalue weighted by Gasteiger charge is -2.30. The molecule has 32 heavy (non-hydrogen) atoms. The van der Waals surface area contributed by atoms with Crippen LogP contribution in [0.4, 0.5) is 5.69 Å². The van der Waals surface area contributed by atoms with Gasteiger partial charge < -0.3 is 5.32 Å². The Morgan fingerprint density at radius 1 is 1.09 bits per heavy atom. The van der Waals surface area contributed by atoms with Crippen molar-refractivity contribution in [3.8, 4) is 0 Å². The molecule has 2 aromatic rings. The fraction of sp³-hybridized carbons (Fsp3) is 0.375. The van der Waals surface area contributed by atoms with Gasteiger partial charge in [0.25, 0.3) is 0 Å². The van der Waals surface area contributed by atoms with Gasteiger partial charge in [0.15, 0.2) is 0 Å². The first-order valence-electron chi connectivity index (χ1n) is 10.6. The van der Waals surface area contributed by atoms with Gasteiger partial charge in [-0.05, 0) is 42.2 Å². The number of rotatable bonds is 3. The lowest BCUT2D eigenvalue weighted by Crippen LogP contribution is -2.53. The molecule has 0 aromatic heterocycles. The van der Waals surface area contributed by atoms with Crippen LogP contribution < -0.4 is 10.6 Å². The average Bonchev–Trinajstić information content (AvgIpc) is 3.31. The molecular weight excluding hydrogens is 449 g/mol. The molecule has 2 N–H and O–H groups in total. The largest absolute Gasteiger partial charge is 0.324 e. The van der Waals surface area contributed by atoms with E-state index in [2.05, 4.69) is 10.6 Å². The van der Waals surface area contributed by atoms with Crippen LogP contribution in [0.2, 0.25) is 10.0 Å². The molecule has 3 aliphatic rings. The molecule has 8 heteroatoms. The van der Waals surface area contributed by atoms with Gasteiger partial charge in [-0.15, -0.1) is 0 Å². The van der Waals surface area contributed by atoms with Gasteiger partial charge in [-0.25, -0.2) is 0 Å². The summed E-state index contributed by atoms with van der Waals surface area (Å²) in [5.74, 6) is -2.45. The van der Waals surface area contributed by atoms with E-state index in [1.54, 1.807) is 30.3 Å². The quantitative estimate of drug-likeness (QED) is 0.665. The highest BCUT2D eigenvalue weighted by atomic mass is 35.5. The maximum absolute atomic E-state index is 13.8. The van der Waals surface area contributed by atoms with Gasteiger partial charge in [0.2, 0.25) is 17.7 Å². The predicted molar refractivity (Wildman–Crippen MR) is 122 cm³/mol. The topological polar surface area (TPSA) is 78.5 Å². The molecule has 0 unspecified atom stereocenters. The van der Waals surface area contributed by atoms with Gasteiger partial charge in [-0.2, -0.15) is 0 Å². The minimum atomic E-state index is -1.34. The van der Waals surface area contributed by atoms with Crippen molar-refractivity contribution in [1.29, 1.82) is 0 Å². The van der Waals surface area contributed by atoms with E-state index in [4.69, 9.17) is 23.2 Å². The van der Waals surface area contributed by atoms with Gasteiger partial charge in [-0.3, -0.25) is 24.6 Å². The number of nitrogens with one attached hydrogen (secondary N) is 2. The van der Waals surface area contributed by atoms with Gasteiger partial charge in [0.1, 0.15) is 5.54 Å². The van der Waals surface area contributed by atoms with Gasteiger partial charge >= 0.3 is 0 Å². The number of hydrogen-bond donors (Lipinski definition) is 2. The lowest BCUT2D eigenvalue weighted by molar-refractivity contribution is -0.143. The third-order valence-corrected chi connectivity index (χ3v) is 7.60. The minimum absolute atomic E-state index is 0.0241. The second-order valence-corrected chi connectivity index (χ2v) is 10.0. The molecule has 2 aromatic carbocycles. The monoisotopic (exact) mass is 471 g/mol. The number of fused-ring (bicyclic) bond motifs is 4. The SMILES string of the molecule is Cc1cc(Cl)cc2c1NC(=O)[C@@]21N[C@H](C(C)C)[C@H]2C(=O)N(Cc3ccccc3Cl)C(=O)[C@H]21. The molecule has 0 radical (unpaired) electrons. The Kier molecular flexibility index (Phi) is 4.89. The summed E-state index contributed by atoms with van der Waals surface area (Å²) in [6.45, 7) is 5.91. The van der Waals surface area contributed by atoms with E-state index in [1.807, 2.05) is 26.8 Å². The molecule has 3 heterocycles. The fourth-order valence-corrected chi connectivity index (χ4v) is 6.02. The number of halogens is 2. The van der Waals surface area contributed by atoms with Crippen molar-refractivity contribution < 1.29 is 14.4 Å². The van der Waals surface area contributed by atoms with Gasteiger partial charge in [-0.1, -0.05) is 55.2 Å². The van der Waals surface area contributed by atoms with E-state index in [9.17, 15) is 14.4 Å². The van der Waals surface area contributed by atoms with Gasteiger partial charge in [0, 0.05) is 27.3 Å². The zero-order chi connectivity index (χ0) is 22.9. The minimum Gasteiger partial charge on any atom is -0.324 e. The molecule has 2 saturated heterocycles. The molecule has 0 aliphatic carbocycles. The average molecular weight is 472 g/mol. The Labute approximate surface area is 196 Å². The van der Waals surface area contributed by atoms with Crippen molar-refractivity contribution in [2.24, 2.45) is 17.8 Å². The highest BCUT2D eigenvalue weighted by Crippen LogP contribution is 2.55. The molecule has 6 nitrogen and oxygen atoms in total. The van der Waals surface area contributed by atoms with Crippen LogP contribution >= 0.6 is 23.2 Å². The number of likely N-dealkylation sites (tertiary alicyclic amines) is 1. The maximum Gasteiger partial charge on any atom is 0.250 e. The summed E-state index contributed by atoms with van der Waals surface area (Å²) in [5.41, 5.74) is 1.45. The summed E-state index contributed by atoms with van der Waals surface area (Å²) >= 11 is 12.7. The molecule has 166 valence electrons. The Morgan fingerprint density at radius 2 is 1.81 bits per heavy atom. The molecule has 4 atom stereocenters. The molecule has 0 saturated carbocycles. The summed E-state index contributed by atoms with van der Waals surface area (Å²) in [6.07, 6.45) is 0. The van der Waals surface area contributed by atoms with Crippen LogP contribution in [-0.4, -0.2) is 28.7 Å². The number of carbonyl (C=O) groups is 3. The van der Waals surface area contributed by atoms with Crippen molar-refractivity contribution in [3.05, 3.63) is 63.1 Å². The van der Waals surface area contributed by atoms with Crippen molar-refractivity contribution >= 4 is 46.6 Å². The highest BCUT2D eigenvalue weighted by molar-refractivity contribution is 6.31. The number of carbonyl (C=O) groups excluding carboxylic acids is 3. The predicted octanol–water partition coefficient (Wildman–Crippen LogP) is 3.88. The van der Waals surface area contributed by atoms with Crippen LogP contribution in [0.1, 0.15) is 30.5 Å². The fourth-order valence-electron chi connectivity index (χ4n) is 5.55. The molecule has 0 bridgehead atoms. The van der Waals surface area contributed by atoms with Crippen LogP contribution in [0.25, 0.3) is 0 Å². The number of anilines is 1. The number of aryl methyl sites for hydroxylation is 1. The van der Waals surface area contributed by atoms with Crippen molar-refractivity contribution in [2.45, 2.75) is 38.9 Å². The van der Waals surface area contributed by atoms with E-state index >= 15 is 0 Å². The first-order chi connectivity index (χ1) is 15.2. The van der Waals surface area contributed by atoms with Crippen molar-refractivity contribution in [2.75, 3.05) is 5.32 Å². The van der Waals surface area contributed by atoms with Crippen molar-refractivity contribution in [1.82, 2.24) is 10.2 Å². The Bertz CT molecular complexity index is 1180. The molecule has 1 spiro atoms. The van der Waals surface area contributed by atoms with Gasteiger partial charge in [0.05, 0.1) is 18.4 Å². The van der Waals surface area contributed by atoms with E-state index in [1.165, 1.54) is 4.90 Å². The number of hydrogen-bond acceptors (Lipinski definition) is 4. The Morgan fingerprint density at radius 3 is 2.50 bits per heavy atom. The second-order valence-electron chi connectivity index (χ2n) is 9.18. The van der Waals surface area contributed by atoms with Crippen LogP contribution in [0.15, 0.2) is 36.4 Å². The second kappa shape index (κ2) is 7.30. The summed E-state index contributed by atoms with van der Waals surface area (Å²) in [6, 6.07) is 10.3. The molecular formula is C24H23Cl2N3O3. The Balaban J connectivity index is 1.65. The standard InChI is InChI=1S/C24H23Cl2N3O3/c1-11(2)19-17-18(22(31)29(21(17)30)10-13-6-4-5-7-16(13)26)24(28-19)15-9-14(25)8-12(3)20(15)27-23(24)32/h4-9,11,17-19,28H,10H2,1-3H3,(H,27,32)/t17-,18-,19+,24+/m0/s1. The van der Waals surface area contributed by atoms with E-state index in [0.29, 0.717) is 26.9 Å². The molecule has 3 amide bonds. The first-order valence-corrected chi connectivity index (χ1v) is 11.4. The maximum atomic E-state index is 13.8. The van der Waals surface area contributed by atoms with E-state index < -0.39 is 17.4 Å². The zero-order valence-electron chi connectivity index (χ0n) is 17.9. The number of amides is 3. The third-order valence-electron chi connectivity index (χ3n) is 7.02. The van der Waals surface area contributed by atoms with Crippen molar-refractivity contribution in [3.63, 3.8) is 0 Å². The number of nitrogens with zero attached hydrogens (tertiary/aromatic N) is 1. The Hall–Kier alpha value is -2.41. The summed E-state index contributed by atoms with van der Waals surface area (Å²) in [5, 5.41) is 7.33. The number of imide groups is 1. The van der Waals surface area contributed by atoms with Crippen LogP contribution in [0.3, 0.4) is 0 Å². The third kappa shape index (κ3) is 2.79. The highest BCUT2D eigenvalue weighted by Gasteiger charge is 2.70. The van der Waals surface area contributed by atoms with Crippen LogP contribution in [-0.2, 0) is 26.5 Å². The molecule has 2 fully saturated rings. The molecule has 3 aliphatic heterocycles. The summed E-state index contributed by atoms with van der Waals surface area (Å²) < 4.78 is 0. The van der Waals surface area contributed by atoms with Crippen LogP contribution in [0.5, 0.6) is 0 Å². The van der Waals surface area contributed by atoms with E-state index in [0.717, 1.165) is 5.56 Å². The first kappa shape index (κ1) is 21.4. The number of benzene rings is 2. The normalized spacial score (nSPS) is 28.6.